The molecule has 0 aromatic heterocycles. The van der Waals surface area contributed by atoms with Crippen LogP contribution >= 0.6 is 0 Å². The quantitative estimate of drug-likeness (QED) is 0.820. The minimum absolute atomic E-state index is 0.00619. The number of amides is 1. The number of carbonyl (C=O) groups is 1. The minimum Gasteiger partial charge on any atom is -0.381 e. The standard InChI is InChI=1S/C21H25FN2O/c1-15-12-17(21(25)24-19-8-3-2-4-9-19)10-11-20(15)23-14-16-6-5-7-18(22)13-16/h5-7,10-13,19,23H,2-4,8-9,14H2,1H3,(H,24,25). The Bertz CT molecular complexity index is 738. The molecule has 0 heterocycles. The van der Waals surface area contributed by atoms with Gasteiger partial charge in [0.1, 0.15) is 5.82 Å². The Morgan fingerprint density at radius 1 is 1.12 bits per heavy atom. The number of benzene rings is 2. The normalized spacial score (nSPS) is 15.0. The van der Waals surface area contributed by atoms with Crippen LogP contribution < -0.4 is 10.6 Å². The van der Waals surface area contributed by atoms with Gasteiger partial charge in [-0.05, 0) is 61.2 Å². The Morgan fingerprint density at radius 3 is 2.64 bits per heavy atom. The van der Waals surface area contributed by atoms with Crippen molar-refractivity contribution in [2.45, 2.75) is 51.6 Å². The van der Waals surface area contributed by atoms with E-state index in [1.165, 1.54) is 31.4 Å². The molecule has 0 aliphatic heterocycles. The molecule has 0 atom stereocenters. The van der Waals surface area contributed by atoms with Crippen LogP contribution in [-0.4, -0.2) is 11.9 Å². The largest absolute Gasteiger partial charge is 0.381 e. The lowest BCUT2D eigenvalue weighted by molar-refractivity contribution is 0.0927. The Morgan fingerprint density at radius 2 is 1.92 bits per heavy atom. The fourth-order valence-corrected chi connectivity index (χ4v) is 3.36. The Kier molecular flexibility index (Phi) is 5.69. The highest BCUT2D eigenvalue weighted by Gasteiger charge is 2.17. The molecule has 3 rings (SSSR count). The average Bonchev–Trinajstić information content (AvgIpc) is 2.61. The van der Waals surface area contributed by atoms with Crippen LogP contribution in [0.3, 0.4) is 0 Å². The van der Waals surface area contributed by atoms with Crippen LogP contribution in [0.5, 0.6) is 0 Å². The zero-order valence-corrected chi connectivity index (χ0v) is 14.6. The number of hydrogen-bond donors (Lipinski definition) is 2. The molecule has 0 unspecified atom stereocenters. The van der Waals surface area contributed by atoms with Crippen LogP contribution in [0.1, 0.15) is 53.6 Å². The van der Waals surface area contributed by atoms with Gasteiger partial charge in [0.2, 0.25) is 0 Å². The molecule has 25 heavy (non-hydrogen) atoms. The van der Waals surface area contributed by atoms with Crippen molar-refractivity contribution in [2.75, 3.05) is 5.32 Å². The Hall–Kier alpha value is -2.36. The molecule has 0 radical (unpaired) electrons. The number of anilines is 1. The first-order valence-corrected chi connectivity index (χ1v) is 9.01. The maximum Gasteiger partial charge on any atom is 0.251 e. The topological polar surface area (TPSA) is 41.1 Å². The second-order valence-electron chi connectivity index (χ2n) is 6.82. The van der Waals surface area contributed by atoms with Gasteiger partial charge in [-0.15, -0.1) is 0 Å². The number of halogens is 1. The van der Waals surface area contributed by atoms with E-state index in [1.807, 2.05) is 31.2 Å². The van der Waals surface area contributed by atoms with Gasteiger partial charge in [0.05, 0.1) is 0 Å². The van der Waals surface area contributed by atoms with Gasteiger partial charge in [-0.1, -0.05) is 31.4 Å². The summed E-state index contributed by atoms with van der Waals surface area (Å²) in [5, 5.41) is 6.45. The monoisotopic (exact) mass is 340 g/mol. The van der Waals surface area contributed by atoms with Crippen LogP contribution in [0, 0.1) is 12.7 Å². The average molecular weight is 340 g/mol. The van der Waals surface area contributed by atoms with E-state index in [0.29, 0.717) is 18.2 Å². The number of nitrogens with one attached hydrogen (secondary N) is 2. The number of aryl methyl sites for hydroxylation is 1. The summed E-state index contributed by atoms with van der Waals surface area (Å²) < 4.78 is 13.2. The van der Waals surface area contributed by atoms with E-state index in [2.05, 4.69) is 10.6 Å². The predicted octanol–water partition coefficient (Wildman–Crippen LogP) is 4.81. The molecule has 4 heteroatoms. The molecule has 2 aromatic carbocycles. The number of hydrogen-bond acceptors (Lipinski definition) is 2. The van der Waals surface area contributed by atoms with Crippen molar-refractivity contribution in [2.24, 2.45) is 0 Å². The van der Waals surface area contributed by atoms with E-state index in [9.17, 15) is 9.18 Å². The van der Waals surface area contributed by atoms with E-state index < -0.39 is 0 Å². The van der Waals surface area contributed by atoms with Crippen LogP contribution in [0.15, 0.2) is 42.5 Å². The van der Waals surface area contributed by atoms with Crippen molar-refractivity contribution in [3.05, 3.63) is 65.0 Å². The van der Waals surface area contributed by atoms with E-state index in [1.54, 1.807) is 6.07 Å². The van der Waals surface area contributed by atoms with E-state index in [0.717, 1.165) is 29.7 Å². The second kappa shape index (κ2) is 8.15. The van der Waals surface area contributed by atoms with Gasteiger partial charge in [-0.3, -0.25) is 4.79 Å². The fourth-order valence-electron chi connectivity index (χ4n) is 3.36. The SMILES string of the molecule is Cc1cc(C(=O)NC2CCCCC2)ccc1NCc1cccc(F)c1. The van der Waals surface area contributed by atoms with Crippen molar-refractivity contribution < 1.29 is 9.18 Å². The van der Waals surface area contributed by atoms with Crippen LogP contribution in [0.25, 0.3) is 0 Å². The van der Waals surface area contributed by atoms with E-state index in [4.69, 9.17) is 0 Å². The molecule has 2 aromatic rings. The van der Waals surface area contributed by atoms with Gasteiger partial charge in [0, 0.05) is 23.8 Å². The second-order valence-corrected chi connectivity index (χ2v) is 6.82. The summed E-state index contributed by atoms with van der Waals surface area (Å²) >= 11 is 0. The lowest BCUT2D eigenvalue weighted by Gasteiger charge is -2.23. The van der Waals surface area contributed by atoms with E-state index in [-0.39, 0.29) is 11.7 Å². The van der Waals surface area contributed by atoms with Crippen LogP contribution in [0.4, 0.5) is 10.1 Å². The van der Waals surface area contributed by atoms with Crippen molar-refractivity contribution in [1.29, 1.82) is 0 Å². The van der Waals surface area contributed by atoms with Crippen molar-refractivity contribution in [3.63, 3.8) is 0 Å². The highest BCUT2D eigenvalue weighted by Crippen LogP contribution is 2.20. The molecule has 1 saturated carbocycles. The molecule has 2 N–H and O–H groups in total. The number of rotatable bonds is 5. The summed E-state index contributed by atoms with van der Waals surface area (Å²) in [6.45, 7) is 2.53. The fraction of sp³-hybridized carbons (Fsp3) is 0.381. The molecule has 1 amide bonds. The third-order valence-corrected chi connectivity index (χ3v) is 4.80. The summed E-state index contributed by atoms with van der Waals surface area (Å²) in [5.41, 5.74) is 3.55. The van der Waals surface area contributed by atoms with Crippen molar-refractivity contribution in [3.8, 4) is 0 Å². The third-order valence-electron chi connectivity index (χ3n) is 4.80. The van der Waals surface area contributed by atoms with Crippen LogP contribution in [0.2, 0.25) is 0 Å². The molecule has 0 saturated heterocycles. The Labute approximate surface area is 148 Å². The molecular weight excluding hydrogens is 315 g/mol. The maximum absolute atomic E-state index is 13.2. The first kappa shape index (κ1) is 17.5. The zero-order valence-electron chi connectivity index (χ0n) is 14.6. The molecule has 1 fully saturated rings. The predicted molar refractivity (Wildman–Crippen MR) is 99.2 cm³/mol. The molecular formula is C21H25FN2O. The molecule has 1 aliphatic rings. The molecule has 0 spiro atoms. The molecule has 3 nitrogen and oxygen atoms in total. The van der Waals surface area contributed by atoms with Gasteiger partial charge in [0.25, 0.3) is 5.91 Å². The lowest BCUT2D eigenvalue weighted by atomic mass is 9.95. The van der Waals surface area contributed by atoms with Gasteiger partial charge >= 0.3 is 0 Å². The van der Waals surface area contributed by atoms with Gasteiger partial charge in [-0.25, -0.2) is 4.39 Å². The highest BCUT2D eigenvalue weighted by atomic mass is 19.1. The van der Waals surface area contributed by atoms with Crippen molar-refractivity contribution >= 4 is 11.6 Å². The Balaban J connectivity index is 1.60. The third kappa shape index (κ3) is 4.81. The molecule has 1 aliphatic carbocycles. The van der Waals surface area contributed by atoms with E-state index >= 15 is 0 Å². The maximum atomic E-state index is 13.2. The lowest BCUT2D eigenvalue weighted by Crippen LogP contribution is -2.36. The van der Waals surface area contributed by atoms with Gasteiger partial charge in [0.15, 0.2) is 0 Å². The van der Waals surface area contributed by atoms with Crippen molar-refractivity contribution in [1.82, 2.24) is 5.32 Å². The summed E-state index contributed by atoms with van der Waals surface area (Å²) in [6, 6.07) is 12.5. The number of carbonyl (C=O) groups excluding carboxylic acids is 1. The first-order valence-electron chi connectivity index (χ1n) is 9.01. The smallest absolute Gasteiger partial charge is 0.251 e. The highest BCUT2D eigenvalue weighted by molar-refractivity contribution is 5.95. The molecule has 132 valence electrons. The van der Waals surface area contributed by atoms with Gasteiger partial charge in [-0.2, -0.15) is 0 Å². The summed E-state index contributed by atoms with van der Waals surface area (Å²) in [7, 11) is 0. The van der Waals surface area contributed by atoms with Crippen LogP contribution in [-0.2, 0) is 6.54 Å². The summed E-state index contributed by atoms with van der Waals surface area (Å²) in [5.74, 6) is -0.225. The zero-order chi connectivity index (χ0) is 17.6. The summed E-state index contributed by atoms with van der Waals surface area (Å²) in [6.07, 6.45) is 5.84. The van der Waals surface area contributed by atoms with Gasteiger partial charge < -0.3 is 10.6 Å². The summed E-state index contributed by atoms with van der Waals surface area (Å²) in [4.78, 5) is 12.4. The minimum atomic E-state index is -0.231. The first-order chi connectivity index (χ1) is 12.1. The molecule has 0 bridgehead atoms.